The zero-order chi connectivity index (χ0) is 13.7. The predicted molar refractivity (Wildman–Crippen MR) is 79.0 cm³/mol. The summed E-state index contributed by atoms with van der Waals surface area (Å²) < 4.78 is 13.8. The van der Waals surface area contributed by atoms with Crippen LogP contribution in [0, 0.1) is 12.7 Å². The Bertz CT molecular complexity index is 522. The Labute approximate surface area is 114 Å². The lowest BCUT2D eigenvalue weighted by Gasteiger charge is -2.19. The molecule has 1 N–H and O–H groups in total. The van der Waals surface area contributed by atoms with Crippen LogP contribution in [0.25, 0.3) is 0 Å². The lowest BCUT2D eigenvalue weighted by Crippen LogP contribution is -2.21. The van der Waals surface area contributed by atoms with E-state index in [2.05, 4.69) is 24.4 Å². The van der Waals surface area contributed by atoms with Gasteiger partial charge in [0.15, 0.2) is 0 Å². The zero-order valence-corrected chi connectivity index (χ0v) is 11.5. The van der Waals surface area contributed by atoms with E-state index in [4.69, 9.17) is 0 Å². The molecule has 0 heterocycles. The maximum Gasteiger partial charge on any atom is 0.146 e. The maximum absolute atomic E-state index is 13.8. The Kier molecular flexibility index (Phi) is 4.56. The molecule has 1 atom stereocenters. The van der Waals surface area contributed by atoms with Crippen molar-refractivity contribution in [1.29, 1.82) is 0 Å². The van der Waals surface area contributed by atoms with E-state index in [0.717, 1.165) is 18.4 Å². The normalized spacial score (nSPS) is 12.2. The monoisotopic (exact) mass is 257 g/mol. The highest BCUT2D eigenvalue weighted by molar-refractivity contribution is 5.47. The minimum Gasteiger partial charge on any atom is -0.380 e. The summed E-state index contributed by atoms with van der Waals surface area (Å²) in [6.07, 6.45) is 1.87. The van der Waals surface area contributed by atoms with Crippen LogP contribution in [0.15, 0.2) is 48.5 Å². The molecule has 0 spiro atoms. The molecule has 1 nitrogen and oxygen atoms in total. The average Bonchev–Trinajstić information content (AvgIpc) is 2.42. The fourth-order valence-corrected chi connectivity index (χ4v) is 2.15. The number of rotatable bonds is 5. The molecule has 0 fully saturated rings. The topological polar surface area (TPSA) is 12.0 Å². The molecule has 2 aromatic carbocycles. The summed E-state index contributed by atoms with van der Waals surface area (Å²) in [5.41, 5.74) is 2.81. The highest BCUT2D eigenvalue weighted by Gasteiger charge is 2.10. The van der Waals surface area contributed by atoms with E-state index in [1.54, 1.807) is 6.07 Å². The lowest BCUT2D eigenvalue weighted by molar-refractivity contribution is 0.618. The number of nitrogens with one attached hydrogen (secondary N) is 1. The molecule has 0 aliphatic rings. The Morgan fingerprint density at radius 1 is 1.11 bits per heavy atom. The summed E-state index contributed by atoms with van der Waals surface area (Å²) in [7, 11) is 0. The van der Waals surface area contributed by atoms with Crippen LogP contribution in [0.2, 0.25) is 0 Å². The van der Waals surface area contributed by atoms with E-state index < -0.39 is 0 Å². The smallest absolute Gasteiger partial charge is 0.146 e. The SMILES string of the molecule is CCC(Cc1ccccc1)Nc1ccc(C)cc1F. The molecule has 0 amide bonds. The maximum atomic E-state index is 13.8. The van der Waals surface area contributed by atoms with Gasteiger partial charge in [-0.15, -0.1) is 0 Å². The first-order valence-electron chi connectivity index (χ1n) is 6.75. The van der Waals surface area contributed by atoms with Gasteiger partial charge in [-0.25, -0.2) is 4.39 Å². The van der Waals surface area contributed by atoms with Crippen LogP contribution in [0.5, 0.6) is 0 Å². The van der Waals surface area contributed by atoms with Crippen molar-refractivity contribution in [2.75, 3.05) is 5.32 Å². The molecule has 2 aromatic rings. The number of hydrogen-bond donors (Lipinski definition) is 1. The van der Waals surface area contributed by atoms with Crippen LogP contribution in [0.1, 0.15) is 24.5 Å². The molecule has 19 heavy (non-hydrogen) atoms. The molecule has 0 saturated heterocycles. The number of halogens is 1. The Balaban J connectivity index is 2.06. The van der Waals surface area contributed by atoms with Crippen molar-refractivity contribution >= 4 is 5.69 Å². The summed E-state index contributed by atoms with van der Waals surface area (Å²) in [5.74, 6) is -0.175. The number of benzene rings is 2. The second-order valence-corrected chi connectivity index (χ2v) is 4.92. The molecule has 2 rings (SSSR count). The third kappa shape index (κ3) is 3.82. The predicted octanol–water partition coefficient (Wildman–Crippen LogP) is 4.57. The first kappa shape index (κ1) is 13.6. The fourth-order valence-electron chi connectivity index (χ4n) is 2.15. The van der Waals surface area contributed by atoms with Crippen molar-refractivity contribution in [3.8, 4) is 0 Å². The van der Waals surface area contributed by atoms with Crippen LogP contribution >= 0.6 is 0 Å². The number of hydrogen-bond acceptors (Lipinski definition) is 1. The highest BCUT2D eigenvalue weighted by Crippen LogP contribution is 2.18. The first-order chi connectivity index (χ1) is 9.19. The molecule has 0 aliphatic carbocycles. The Morgan fingerprint density at radius 3 is 2.47 bits per heavy atom. The van der Waals surface area contributed by atoms with Gasteiger partial charge in [-0.05, 0) is 43.0 Å². The van der Waals surface area contributed by atoms with Crippen molar-refractivity contribution < 1.29 is 4.39 Å². The van der Waals surface area contributed by atoms with Crippen LogP contribution in [-0.4, -0.2) is 6.04 Å². The Hall–Kier alpha value is -1.83. The molecule has 0 saturated carbocycles. The van der Waals surface area contributed by atoms with E-state index in [1.165, 1.54) is 5.56 Å². The van der Waals surface area contributed by atoms with E-state index in [0.29, 0.717) is 5.69 Å². The Morgan fingerprint density at radius 2 is 1.84 bits per heavy atom. The van der Waals surface area contributed by atoms with Gasteiger partial charge in [0.25, 0.3) is 0 Å². The standard InChI is InChI=1S/C17H20FN/c1-3-15(12-14-7-5-4-6-8-14)19-17-10-9-13(2)11-16(17)18/h4-11,15,19H,3,12H2,1-2H3. The number of aryl methyl sites for hydroxylation is 1. The number of anilines is 1. The fraction of sp³-hybridized carbons (Fsp3) is 0.294. The van der Waals surface area contributed by atoms with Crippen molar-refractivity contribution in [1.82, 2.24) is 0 Å². The summed E-state index contributed by atoms with van der Waals surface area (Å²) in [5, 5.41) is 3.30. The first-order valence-corrected chi connectivity index (χ1v) is 6.75. The highest BCUT2D eigenvalue weighted by atomic mass is 19.1. The van der Waals surface area contributed by atoms with Gasteiger partial charge in [-0.1, -0.05) is 43.3 Å². The van der Waals surface area contributed by atoms with Crippen molar-refractivity contribution in [3.05, 3.63) is 65.5 Å². The molecule has 0 bridgehead atoms. The van der Waals surface area contributed by atoms with Crippen molar-refractivity contribution in [3.63, 3.8) is 0 Å². The third-order valence-electron chi connectivity index (χ3n) is 3.30. The molecule has 0 aliphatic heterocycles. The van der Waals surface area contributed by atoms with Gasteiger partial charge >= 0.3 is 0 Å². The molecule has 100 valence electrons. The van der Waals surface area contributed by atoms with Gasteiger partial charge in [0, 0.05) is 6.04 Å². The minimum atomic E-state index is -0.175. The minimum absolute atomic E-state index is 0.175. The van der Waals surface area contributed by atoms with Gasteiger partial charge in [-0.2, -0.15) is 0 Å². The largest absolute Gasteiger partial charge is 0.380 e. The van der Waals surface area contributed by atoms with Gasteiger partial charge in [0.2, 0.25) is 0 Å². The van der Waals surface area contributed by atoms with E-state index in [9.17, 15) is 4.39 Å². The van der Waals surface area contributed by atoms with Crippen molar-refractivity contribution in [2.24, 2.45) is 0 Å². The molecule has 1 unspecified atom stereocenters. The van der Waals surface area contributed by atoms with Gasteiger partial charge in [0.05, 0.1) is 5.69 Å². The summed E-state index contributed by atoms with van der Waals surface area (Å²) in [4.78, 5) is 0. The van der Waals surface area contributed by atoms with E-state index in [1.807, 2.05) is 37.3 Å². The van der Waals surface area contributed by atoms with E-state index >= 15 is 0 Å². The summed E-state index contributed by atoms with van der Waals surface area (Å²) in [6, 6.07) is 15.9. The summed E-state index contributed by atoms with van der Waals surface area (Å²) >= 11 is 0. The molecule has 0 aromatic heterocycles. The third-order valence-corrected chi connectivity index (χ3v) is 3.30. The van der Waals surface area contributed by atoms with Gasteiger partial charge in [0.1, 0.15) is 5.82 Å². The average molecular weight is 257 g/mol. The van der Waals surface area contributed by atoms with Crippen molar-refractivity contribution in [2.45, 2.75) is 32.7 Å². The second-order valence-electron chi connectivity index (χ2n) is 4.92. The summed E-state index contributed by atoms with van der Waals surface area (Å²) in [6.45, 7) is 4.01. The quantitative estimate of drug-likeness (QED) is 0.827. The van der Waals surface area contributed by atoms with Crippen LogP contribution in [0.3, 0.4) is 0 Å². The second kappa shape index (κ2) is 6.37. The van der Waals surface area contributed by atoms with Crippen LogP contribution in [-0.2, 0) is 6.42 Å². The molecule has 0 radical (unpaired) electrons. The molecule has 2 heteroatoms. The molecular weight excluding hydrogens is 237 g/mol. The van der Waals surface area contributed by atoms with Crippen LogP contribution in [0.4, 0.5) is 10.1 Å². The van der Waals surface area contributed by atoms with Crippen LogP contribution < -0.4 is 5.32 Å². The zero-order valence-electron chi connectivity index (χ0n) is 11.5. The molecular formula is C17H20FN. The van der Waals surface area contributed by atoms with Gasteiger partial charge in [-0.3, -0.25) is 0 Å². The lowest BCUT2D eigenvalue weighted by atomic mass is 10.0. The van der Waals surface area contributed by atoms with Gasteiger partial charge < -0.3 is 5.32 Å². The van der Waals surface area contributed by atoms with E-state index in [-0.39, 0.29) is 11.9 Å².